The molecule has 0 amide bonds. The summed E-state index contributed by atoms with van der Waals surface area (Å²) in [6.07, 6.45) is 0. The van der Waals surface area contributed by atoms with E-state index in [1.165, 1.54) is 12.1 Å². The van der Waals surface area contributed by atoms with Gasteiger partial charge in [0.25, 0.3) is 0 Å². The predicted molar refractivity (Wildman–Crippen MR) is 78.4 cm³/mol. The number of hydrogen-bond donors (Lipinski definition) is 0. The predicted octanol–water partition coefficient (Wildman–Crippen LogP) is 4.18. The SMILES string of the molecule is CC(=O)c1cc(Br)cc(C(C)(C)C)c1OS(=O)(=O)C(F)(F)F. The summed E-state index contributed by atoms with van der Waals surface area (Å²) in [4.78, 5) is 11.7. The van der Waals surface area contributed by atoms with E-state index in [0.717, 1.165) is 6.92 Å². The molecule has 4 nitrogen and oxygen atoms in total. The van der Waals surface area contributed by atoms with Crippen LogP contribution >= 0.6 is 15.9 Å². The number of carbonyl (C=O) groups excluding carboxylic acids is 1. The Morgan fingerprint density at radius 3 is 2.05 bits per heavy atom. The van der Waals surface area contributed by atoms with Gasteiger partial charge in [0.2, 0.25) is 0 Å². The maximum absolute atomic E-state index is 12.6. The van der Waals surface area contributed by atoms with Crippen LogP contribution in [0.25, 0.3) is 0 Å². The Kier molecular flexibility index (Phi) is 5.03. The van der Waals surface area contributed by atoms with Crippen LogP contribution in [0, 0.1) is 0 Å². The summed E-state index contributed by atoms with van der Waals surface area (Å²) in [6.45, 7) is 6.09. The molecule has 0 unspecified atom stereocenters. The fourth-order valence-corrected chi connectivity index (χ4v) is 2.61. The lowest BCUT2D eigenvalue weighted by Gasteiger charge is -2.24. The van der Waals surface area contributed by atoms with Gasteiger partial charge in [0.05, 0.1) is 5.56 Å². The minimum Gasteiger partial charge on any atom is -0.375 e. The topological polar surface area (TPSA) is 60.4 Å². The third kappa shape index (κ3) is 4.01. The zero-order valence-corrected chi connectivity index (χ0v) is 14.6. The Balaban J connectivity index is 3.68. The van der Waals surface area contributed by atoms with Crippen molar-refractivity contribution in [3.63, 3.8) is 0 Å². The van der Waals surface area contributed by atoms with Gasteiger partial charge in [-0.25, -0.2) is 0 Å². The molecule has 0 N–H and O–H groups in total. The zero-order valence-electron chi connectivity index (χ0n) is 12.2. The van der Waals surface area contributed by atoms with Crippen LogP contribution in [0.15, 0.2) is 16.6 Å². The van der Waals surface area contributed by atoms with E-state index in [0.29, 0.717) is 4.47 Å². The summed E-state index contributed by atoms with van der Waals surface area (Å²) in [6, 6.07) is 2.65. The van der Waals surface area contributed by atoms with E-state index >= 15 is 0 Å². The Bertz CT molecular complexity index is 703. The van der Waals surface area contributed by atoms with Crippen molar-refractivity contribution < 1.29 is 30.6 Å². The molecule has 1 aromatic rings. The molecule has 1 rings (SSSR count). The minimum absolute atomic E-state index is 0.167. The first-order chi connectivity index (χ1) is 9.67. The molecule has 0 atom stereocenters. The van der Waals surface area contributed by atoms with Gasteiger partial charge < -0.3 is 4.18 Å². The first-order valence-electron chi connectivity index (χ1n) is 6.02. The van der Waals surface area contributed by atoms with Crippen LogP contribution in [-0.4, -0.2) is 19.7 Å². The third-order valence-electron chi connectivity index (χ3n) is 2.72. The molecule has 0 aliphatic rings. The number of rotatable bonds is 3. The van der Waals surface area contributed by atoms with Gasteiger partial charge in [-0.1, -0.05) is 36.7 Å². The highest BCUT2D eigenvalue weighted by atomic mass is 79.9. The minimum atomic E-state index is -5.87. The fraction of sp³-hybridized carbons (Fsp3) is 0.462. The second kappa shape index (κ2) is 5.84. The molecule has 0 saturated carbocycles. The van der Waals surface area contributed by atoms with Gasteiger partial charge in [-0.2, -0.15) is 21.6 Å². The van der Waals surface area contributed by atoms with Crippen molar-refractivity contribution in [3.05, 3.63) is 27.7 Å². The molecular formula is C13H14BrF3O4S. The lowest BCUT2D eigenvalue weighted by molar-refractivity contribution is -0.0500. The van der Waals surface area contributed by atoms with E-state index in [1.54, 1.807) is 20.8 Å². The molecule has 0 heterocycles. The quantitative estimate of drug-likeness (QED) is 0.432. The third-order valence-corrected chi connectivity index (χ3v) is 4.13. The lowest BCUT2D eigenvalue weighted by atomic mass is 9.85. The summed E-state index contributed by atoms with van der Waals surface area (Å²) < 4.78 is 64.9. The summed E-state index contributed by atoms with van der Waals surface area (Å²) in [7, 11) is -5.87. The standard InChI is InChI=1S/C13H14BrF3O4S/c1-7(18)9-5-8(14)6-10(12(2,3)4)11(9)21-22(19,20)13(15,16)17/h5-6H,1-4H3. The highest BCUT2D eigenvalue weighted by Crippen LogP contribution is 2.39. The largest absolute Gasteiger partial charge is 0.534 e. The van der Waals surface area contributed by atoms with Crippen LogP contribution in [0.5, 0.6) is 5.75 Å². The molecule has 0 aromatic heterocycles. The van der Waals surface area contributed by atoms with Gasteiger partial charge in [-0.05, 0) is 24.5 Å². The fourth-order valence-electron chi connectivity index (χ4n) is 1.66. The smallest absolute Gasteiger partial charge is 0.375 e. The van der Waals surface area contributed by atoms with E-state index in [9.17, 15) is 26.4 Å². The van der Waals surface area contributed by atoms with Crippen molar-refractivity contribution >= 4 is 31.8 Å². The summed E-state index contributed by atoms with van der Waals surface area (Å²) in [5.41, 5.74) is -6.40. The number of carbonyl (C=O) groups is 1. The molecule has 22 heavy (non-hydrogen) atoms. The molecule has 0 spiro atoms. The van der Waals surface area contributed by atoms with Gasteiger partial charge in [-0.15, -0.1) is 0 Å². The Morgan fingerprint density at radius 1 is 1.18 bits per heavy atom. The van der Waals surface area contributed by atoms with Crippen LogP contribution in [0.3, 0.4) is 0 Å². The number of ketones is 1. The van der Waals surface area contributed by atoms with Crippen molar-refractivity contribution in [1.29, 1.82) is 0 Å². The highest BCUT2D eigenvalue weighted by Gasteiger charge is 2.49. The maximum atomic E-state index is 12.6. The molecule has 124 valence electrons. The average molecular weight is 403 g/mol. The van der Waals surface area contributed by atoms with Gasteiger partial charge in [0.15, 0.2) is 11.5 Å². The molecule has 0 radical (unpaired) electrons. The first-order valence-corrected chi connectivity index (χ1v) is 8.22. The highest BCUT2D eigenvalue weighted by molar-refractivity contribution is 9.10. The molecule has 0 bridgehead atoms. The molecular weight excluding hydrogens is 389 g/mol. The van der Waals surface area contributed by atoms with Crippen LogP contribution in [0.4, 0.5) is 13.2 Å². The number of halogens is 4. The Labute approximate surface area is 134 Å². The second-order valence-electron chi connectivity index (χ2n) is 5.62. The van der Waals surface area contributed by atoms with E-state index < -0.39 is 32.6 Å². The maximum Gasteiger partial charge on any atom is 0.534 e. The summed E-state index contributed by atoms with van der Waals surface area (Å²) in [5, 5.41) is 0. The van der Waals surface area contributed by atoms with Crippen LogP contribution in [0.1, 0.15) is 43.6 Å². The van der Waals surface area contributed by atoms with E-state index in [4.69, 9.17) is 0 Å². The zero-order chi connectivity index (χ0) is 17.5. The van der Waals surface area contributed by atoms with Crippen molar-refractivity contribution in [2.75, 3.05) is 0 Å². The van der Waals surface area contributed by atoms with Crippen molar-refractivity contribution in [2.24, 2.45) is 0 Å². The number of alkyl halides is 3. The molecule has 0 saturated heterocycles. The van der Waals surface area contributed by atoms with Gasteiger partial charge in [0, 0.05) is 10.0 Å². The average Bonchev–Trinajstić information content (AvgIpc) is 2.27. The van der Waals surface area contributed by atoms with E-state index in [1.807, 2.05) is 0 Å². The van der Waals surface area contributed by atoms with Crippen molar-refractivity contribution in [2.45, 2.75) is 38.6 Å². The number of Topliss-reactive ketones (excluding diaryl/α,β-unsaturated/α-hetero) is 1. The van der Waals surface area contributed by atoms with Crippen LogP contribution in [0.2, 0.25) is 0 Å². The molecule has 0 fully saturated rings. The second-order valence-corrected chi connectivity index (χ2v) is 8.07. The van der Waals surface area contributed by atoms with Gasteiger partial charge in [0.1, 0.15) is 0 Å². The Morgan fingerprint density at radius 2 is 1.68 bits per heavy atom. The normalized spacial score (nSPS) is 13.1. The van der Waals surface area contributed by atoms with Crippen molar-refractivity contribution in [1.82, 2.24) is 0 Å². The first kappa shape index (κ1) is 19.0. The lowest BCUT2D eigenvalue weighted by Crippen LogP contribution is -2.30. The molecule has 0 aliphatic heterocycles. The number of benzene rings is 1. The summed E-state index contributed by atoms with van der Waals surface area (Å²) >= 11 is 3.15. The summed E-state index contributed by atoms with van der Waals surface area (Å²) in [5.74, 6) is -1.21. The monoisotopic (exact) mass is 402 g/mol. The van der Waals surface area contributed by atoms with E-state index in [2.05, 4.69) is 20.1 Å². The van der Waals surface area contributed by atoms with Crippen LogP contribution < -0.4 is 4.18 Å². The van der Waals surface area contributed by atoms with Crippen LogP contribution in [-0.2, 0) is 15.5 Å². The molecule has 9 heteroatoms. The Hall–Kier alpha value is -1.09. The van der Waals surface area contributed by atoms with Gasteiger partial charge >= 0.3 is 15.6 Å². The van der Waals surface area contributed by atoms with Crippen molar-refractivity contribution in [3.8, 4) is 5.75 Å². The molecule has 0 aliphatic carbocycles. The van der Waals surface area contributed by atoms with Gasteiger partial charge in [-0.3, -0.25) is 4.79 Å². The molecule has 1 aromatic carbocycles. The van der Waals surface area contributed by atoms with E-state index in [-0.39, 0.29) is 11.1 Å². The number of hydrogen-bond acceptors (Lipinski definition) is 4.